The summed E-state index contributed by atoms with van der Waals surface area (Å²) in [7, 11) is 0. The number of fused-ring (bicyclic) bond motifs is 2. The van der Waals surface area contributed by atoms with E-state index in [1.54, 1.807) is 12.1 Å². The van der Waals surface area contributed by atoms with Crippen LogP contribution >= 0.6 is 0 Å². The molecule has 2 aromatic carbocycles. The maximum atomic E-state index is 12.8. The number of rotatable bonds is 8. The zero-order valence-corrected chi connectivity index (χ0v) is 19.4. The minimum atomic E-state index is -4.41. The second-order valence-electron chi connectivity index (χ2n) is 9.30. The van der Waals surface area contributed by atoms with Crippen molar-refractivity contribution >= 4 is 11.8 Å². The Morgan fingerprint density at radius 1 is 1.00 bits per heavy atom. The van der Waals surface area contributed by atoms with E-state index in [-0.39, 0.29) is 18.5 Å². The molecule has 4 rings (SSSR count). The van der Waals surface area contributed by atoms with E-state index in [0.29, 0.717) is 36.3 Å². The smallest absolute Gasteiger partial charge is 0.387 e. The van der Waals surface area contributed by atoms with Crippen molar-refractivity contribution in [2.75, 3.05) is 19.7 Å². The van der Waals surface area contributed by atoms with Gasteiger partial charge in [0.25, 0.3) is 5.91 Å². The van der Waals surface area contributed by atoms with Gasteiger partial charge in [-0.3, -0.25) is 14.5 Å². The van der Waals surface area contributed by atoms with Gasteiger partial charge in [0.15, 0.2) is 0 Å². The number of hydrogen-bond donors (Lipinski definition) is 2. The molecule has 9 heteroatoms. The third kappa shape index (κ3) is 6.21. The first-order valence-electron chi connectivity index (χ1n) is 11.9. The molecule has 2 saturated heterocycles. The first kappa shape index (κ1) is 25.2. The highest BCUT2D eigenvalue weighted by Crippen LogP contribution is 2.35. The highest BCUT2D eigenvalue weighted by molar-refractivity contribution is 5.94. The van der Waals surface area contributed by atoms with Crippen LogP contribution in [0.2, 0.25) is 0 Å². The van der Waals surface area contributed by atoms with E-state index in [9.17, 15) is 27.9 Å². The van der Waals surface area contributed by atoms with Gasteiger partial charge < -0.3 is 15.3 Å². The summed E-state index contributed by atoms with van der Waals surface area (Å²) in [6.07, 6.45) is -0.695. The number of nitrogens with zero attached hydrogens (tertiary/aromatic N) is 2. The lowest BCUT2D eigenvalue weighted by molar-refractivity contribution is -0.138. The minimum absolute atomic E-state index is 0.0697. The first-order chi connectivity index (χ1) is 16.7. The van der Waals surface area contributed by atoms with Crippen LogP contribution in [0.5, 0.6) is 0 Å². The third-order valence-electron chi connectivity index (χ3n) is 7.03. The summed E-state index contributed by atoms with van der Waals surface area (Å²) < 4.78 is 38.5. The fourth-order valence-electron chi connectivity index (χ4n) is 5.26. The Bertz CT molecular complexity index is 1000. The van der Waals surface area contributed by atoms with Crippen LogP contribution in [-0.4, -0.2) is 64.5 Å². The van der Waals surface area contributed by atoms with E-state index in [4.69, 9.17) is 0 Å². The van der Waals surface area contributed by atoms with E-state index < -0.39 is 24.3 Å². The molecule has 2 aliphatic heterocycles. The molecule has 188 valence electrons. The van der Waals surface area contributed by atoms with Crippen molar-refractivity contribution in [2.45, 2.75) is 56.5 Å². The summed E-state index contributed by atoms with van der Waals surface area (Å²) in [5.41, 5.74) is 0.480. The van der Waals surface area contributed by atoms with Crippen molar-refractivity contribution in [2.24, 2.45) is 0 Å². The Balaban J connectivity index is 1.33. The van der Waals surface area contributed by atoms with Crippen LogP contribution in [0.15, 0.2) is 54.6 Å². The number of halogens is 3. The number of aliphatic hydroxyl groups is 1. The molecule has 35 heavy (non-hydrogen) atoms. The highest BCUT2D eigenvalue weighted by atomic mass is 19.4. The van der Waals surface area contributed by atoms with E-state index in [1.165, 1.54) is 17.0 Å². The van der Waals surface area contributed by atoms with Crippen molar-refractivity contribution in [3.63, 3.8) is 0 Å². The first-order valence-corrected chi connectivity index (χ1v) is 11.9. The van der Waals surface area contributed by atoms with Gasteiger partial charge in [0.05, 0.1) is 5.56 Å². The summed E-state index contributed by atoms with van der Waals surface area (Å²) in [6.45, 7) is 0.465. The maximum Gasteiger partial charge on any atom is 0.416 e. The van der Waals surface area contributed by atoms with E-state index >= 15 is 0 Å². The predicted octanol–water partition coefficient (Wildman–Crippen LogP) is 3.45. The minimum Gasteiger partial charge on any atom is -0.387 e. The summed E-state index contributed by atoms with van der Waals surface area (Å²) in [6, 6.07) is 14.6. The topological polar surface area (TPSA) is 72.9 Å². The van der Waals surface area contributed by atoms with Gasteiger partial charge in [-0.2, -0.15) is 13.2 Å². The average molecular weight is 490 g/mol. The quantitative estimate of drug-likeness (QED) is 0.596. The van der Waals surface area contributed by atoms with Crippen molar-refractivity contribution in [3.8, 4) is 0 Å². The van der Waals surface area contributed by atoms with Crippen LogP contribution in [0.1, 0.15) is 47.2 Å². The molecule has 0 saturated carbocycles. The second kappa shape index (κ2) is 10.8. The number of alkyl halides is 3. The largest absolute Gasteiger partial charge is 0.416 e. The molecule has 0 aliphatic carbocycles. The molecule has 2 unspecified atom stereocenters. The summed E-state index contributed by atoms with van der Waals surface area (Å²) in [4.78, 5) is 28.7. The Morgan fingerprint density at radius 2 is 1.63 bits per heavy atom. The van der Waals surface area contributed by atoms with Crippen LogP contribution < -0.4 is 5.32 Å². The SMILES string of the molecule is O=C(NC1CC2CCC(C1)N2CCN(Cc1ccc(C(F)(F)F)cc1)C(=O)CO)c1ccccc1. The second-order valence-corrected chi connectivity index (χ2v) is 9.30. The monoisotopic (exact) mass is 489 g/mol. The number of benzene rings is 2. The number of piperidine rings is 1. The number of amides is 2. The zero-order valence-electron chi connectivity index (χ0n) is 19.4. The molecule has 0 radical (unpaired) electrons. The molecule has 2 heterocycles. The molecule has 2 aromatic rings. The Morgan fingerprint density at radius 3 is 2.20 bits per heavy atom. The van der Waals surface area contributed by atoms with Gasteiger partial charge in [0, 0.05) is 43.3 Å². The summed E-state index contributed by atoms with van der Waals surface area (Å²) in [5, 5.41) is 12.6. The maximum absolute atomic E-state index is 12.8. The molecular weight excluding hydrogens is 459 g/mol. The molecule has 2 aliphatic rings. The van der Waals surface area contributed by atoms with Gasteiger partial charge in [0.1, 0.15) is 6.61 Å². The van der Waals surface area contributed by atoms with Crippen molar-refractivity contribution in [1.82, 2.24) is 15.1 Å². The van der Waals surface area contributed by atoms with Crippen LogP contribution in [0, 0.1) is 0 Å². The number of carbonyl (C=O) groups excluding carboxylic acids is 2. The molecule has 0 aromatic heterocycles. The highest BCUT2D eigenvalue weighted by Gasteiger charge is 2.41. The molecule has 2 amide bonds. The number of aliphatic hydroxyl groups excluding tert-OH is 1. The predicted molar refractivity (Wildman–Crippen MR) is 124 cm³/mol. The number of nitrogens with one attached hydrogen (secondary N) is 1. The summed E-state index contributed by atoms with van der Waals surface area (Å²) in [5.74, 6) is -0.526. The van der Waals surface area contributed by atoms with Crippen LogP contribution in [0.25, 0.3) is 0 Å². The average Bonchev–Trinajstić information content (AvgIpc) is 3.09. The standard InChI is InChI=1S/C26H30F3N3O3/c27-26(28,29)20-8-6-18(7-9-20)16-31(24(34)17-33)12-13-32-22-10-11-23(32)15-21(14-22)30-25(35)19-4-2-1-3-5-19/h1-9,21-23,33H,10-17H2,(H,30,35). The fourth-order valence-corrected chi connectivity index (χ4v) is 5.26. The van der Waals surface area contributed by atoms with Gasteiger partial charge in [-0.25, -0.2) is 0 Å². The van der Waals surface area contributed by atoms with Gasteiger partial charge >= 0.3 is 6.18 Å². The van der Waals surface area contributed by atoms with Crippen molar-refractivity contribution in [3.05, 3.63) is 71.3 Å². The number of hydrogen-bond acceptors (Lipinski definition) is 4. The molecule has 2 atom stereocenters. The van der Waals surface area contributed by atoms with Crippen molar-refractivity contribution < 1.29 is 27.9 Å². The third-order valence-corrected chi connectivity index (χ3v) is 7.03. The molecular formula is C26H30F3N3O3. The van der Waals surface area contributed by atoms with Crippen LogP contribution in [0.3, 0.4) is 0 Å². The fraction of sp³-hybridized carbons (Fsp3) is 0.462. The lowest BCUT2D eigenvalue weighted by Crippen LogP contribution is -2.52. The van der Waals surface area contributed by atoms with Crippen molar-refractivity contribution in [1.29, 1.82) is 0 Å². The lowest BCUT2D eigenvalue weighted by atomic mass is 9.97. The Labute approximate surface area is 202 Å². The lowest BCUT2D eigenvalue weighted by Gasteiger charge is -2.40. The van der Waals surface area contributed by atoms with Gasteiger partial charge in [0.2, 0.25) is 5.91 Å². The Kier molecular flexibility index (Phi) is 7.76. The molecule has 6 nitrogen and oxygen atoms in total. The normalized spacial score (nSPS) is 22.1. The zero-order chi connectivity index (χ0) is 25.0. The Hall–Kier alpha value is -2.91. The molecule has 2 bridgehead atoms. The van der Waals surface area contributed by atoms with Crippen LogP contribution in [-0.2, 0) is 17.5 Å². The van der Waals surface area contributed by atoms with Gasteiger partial charge in [-0.1, -0.05) is 30.3 Å². The van der Waals surface area contributed by atoms with Gasteiger partial charge in [-0.05, 0) is 55.5 Å². The molecule has 2 N–H and O–H groups in total. The van der Waals surface area contributed by atoms with Gasteiger partial charge in [-0.15, -0.1) is 0 Å². The number of carbonyl (C=O) groups is 2. The van der Waals surface area contributed by atoms with E-state index in [0.717, 1.165) is 37.8 Å². The van der Waals surface area contributed by atoms with E-state index in [2.05, 4.69) is 10.2 Å². The van der Waals surface area contributed by atoms with E-state index in [1.807, 2.05) is 18.2 Å². The summed E-state index contributed by atoms with van der Waals surface area (Å²) >= 11 is 0. The van der Waals surface area contributed by atoms with Crippen LogP contribution in [0.4, 0.5) is 13.2 Å². The molecule has 2 fully saturated rings. The molecule has 0 spiro atoms.